The zero-order valence-electron chi connectivity index (χ0n) is 25.0. The number of aryl methyl sites for hydroxylation is 1. The van der Waals surface area contributed by atoms with Gasteiger partial charge in [0.05, 0.1) is 5.56 Å². The van der Waals surface area contributed by atoms with Gasteiger partial charge in [-0.3, -0.25) is 0 Å². The molecule has 244 valence electrons. The van der Waals surface area contributed by atoms with Crippen LogP contribution in [0.5, 0.6) is 11.5 Å². The molecule has 0 heterocycles. The van der Waals surface area contributed by atoms with E-state index in [4.69, 9.17) is 0 Å². The monoisotopic (exact) mass is 656 g/mol. The van der Waals surface area contributed by atoms with Crippen molar-refractivity contribution in [3.8, 4) is 44.9 Å². The minimum atomic E-state index is -4.86. The van der Waals surface area contributed by atoms with Crippen LogP contribution in [0.15, 0.2) is 103 Å². The second-order valence-electron chi connectivity index (χ2n) is 10.9. The Kier molecular flexibility index (Phi) is 9.88. The van der Waals surface area contributed by atoms with Crippen molar-refractivity contribution in [2.75, 3.05) is 0 Å². The Balaban J connectivity index is 1.29. The van der Waals surface area contributed by atoms with Crippen LogP contribution in [0, 0.1) is 17.5 Å². The van der Waals surface area contributed by atoms with Crippen molar-refractivity contribution in [2.45, 2.75) is 45.1 Å². The third-order valence-corrected chi connectivity index (χ3v) is 7.51. The highest BCUT2D eigenvalue weighted by Gasteiger charge is 2.37. The number of halogens is 8. The van der Waals surface area contributed by atoms with E-state index < -0.39 is 47.0 Å². The molecule has 10 heteroatoms. The van der Waals surface area contributed by atoms with Gasteiger partial charge < -0.3 is 9.47 Å². The number of unbranched alkanes of at least 4 members (excludes halogenated alkanes) is 2. The largest absolute Gasteiger partial charge is 0.573 e. The van der Waals surface area contributed by atoms with Crippen molar-refractivity contribution in [2.24, 2.45) is 0 Å². The Hall–Kier alpha value is -4.86. The summed E-state index contributed by atoms with van der Waals surface area (Å²) in [6, 6.07) is 22.5. The number of alkyl halides is 5. The molecule has 0 saturated heterocycles. The van der Waals surface area contributed by atoms with Crippen molar-refractivity contribution in [1.82, 2.24) is 0 Å². The molecule has 0 aromatic heterocycles. The summed E-state index contributed by atoms with van der Waals surface area (Å²) in [4.78, 5) is 0. The van der Waals surface area contributed by atoms with Gasteiger partial charge in [0.15, 0.2) is 17.4 Å². The molecule has 5 aromatic carbocycles. The molecule has 0 atom stereocenters. The van der Waals surface area contributed by atoms with Crippen LogP contribution < -0.4 is 9.47 Å². The topological polar surface area (TPSA) is 18.5 Å². The fourth-order valence-corrected chi connectivity index (χ4v) is 5.08. The molecule has 0 N–H and O–H groups in total. The quantitative estimate of drug-likeness (QED) is 0.104. The molecule has 0 bridgehead atoms. The lowest BCUT2D eigenvalue weighted by Gasteiger charge is -2.20. The number of hydrogen-bond acceptors (Lipinski definition) is 2. The Morgan fingerprint density at radius 3 is 1.60 bits per heavy atom. The van der Waals surface area contributed by atoms with Crippen LogP contribution in [0.25, 0.3) is 33.4 Å². The second kappa shape index (κ2) is 13.9. The van der Waals surface area contributed by atoms with E-state index in [1.54, 1.807) is 6.07 Å². The van der Waals surface area contributed by atoms with Gasteiger partial charge in [-0.2, -0.15) is 8.78 Å². The smallest absolute Gasteiger partial charge is 0.423 e. The van der Waals surface area contributed by atoms with Gasteiger partial charge in [-0.1, -0.05) is 80.4 Å². The Morgan fingerprint density at radius 1 is 0.532 bits per heavy atom. The van der Waals surface area contributed by atoms with Gasteiger partial charge in [0.1, 0.15) is 11.6 Å². The maximum Gasteiger partial charge on any atom is 0.573 e. The average molecular weight is 657 g/mol. The van der Waals surface area contributed by atoms with Gasteiger partial charge in [-0.15, -0.1) is 13.2 Å². The van der Waals surface area contributed by atoms with Crippen molar-refractivity contribution >= 4 is 0 Å². The number of rotatable bonds is 11. The van der Waals surface area contributed by atoms with Crippen LogP contribution in [0.3, 0.4) is 0 Å². The SMILES string of the molecule is CCCCCc1ccc(-c2ccc(-c3cc(F)c(OC(F)(F)c4ccc(-c5ccc(OC(F)(F)F)cc5)cc4)c(F)c3)c(F)c2)cc1. The van der Waals surface area contributed by atoms with Crippen LogP contribution in [-0.2, 0) is 12.5 Å². The van der Waals surface area contributed by atoms with Gasteiger partial charge >= 0.3 is 12.5 Å². The molecule has 5 rings (SSSR count). The highest BCUT2D eigenvalue weighted by atomic mass is 19.4. The zero-order chi connectivity index (χ0) is 33.8. The predicted octanol–water partition coefficient (Wildman–Crippen LogP) is 11.9. The minimum Gasteiger partial charge on any atom is -0.423 e. The van der Waals surface area contributed by atoms with E-state index in [-0.39, 0.29) is 11.1 Å². The first-order chi connectivity index (χ1) is 22.3. The molecular weight excluding hydrogens is 628 g/mol. The van der Waals surface area contributed by atoms with Gasteiger partial charge in [0.2, 0.25) is 0 Å². The Morgan fingerprint density at radius 2 is 1.04 bits per heavy atom. The molecule has 0 radical (unpaired) electrons. The van der Waals surface area contributed by atoms with Gasteiger partial charge in [-0.05, 0) is 88.7 Å². The summed E-state index contributed by atoms with van der Waals surface area (Å²) in [5.41, 5.74) is 2.19. The first-order valence-corrected chi connectivity index (χ1v) is 14.7. The fraction of sp³-hybridized carbons (Fsp3) is 0.189. The maximum absolute atomic E-state index is 15.2. The summed E-state index contributed by atoms with van der Waals surface area (Å²) in [7, 11) is 0. The summed E-state index contributed by atoms with van der Waals surface area (Å²) >= 11 is 0. The molecular formula is C37H28F8O2. The molecule has 0 saturated carbocycles. The lowest BCUT2D eigenvalue weighted by molar-refractivity contribution is -0.274. The first kappa shape index (κ1) is 33.5. The van der Waals surface area contributed by atoms with E-state index in [2.05, 4.69) is 16.4 Å². The summed E-state index contributed by atoms with van der Waals surface area (Å²) in [6.45, 7) is 2.13. The number of hydrogen-bond donors (Lipinski definition) is 0. The van der Waals surface area contributed by atoms with Crippen LogP contribution in [0.2, 0.25) is 0 Å². The molecule has 0 unspecified atom stereocenters. The standard InChI is InChI=1S/C37H28F8O2/c1-2-3-4-5-23-6-8-26(9-7-23)27-14-19-31(32(38)20-27)28-21-33(39)35(34(40)22-28)47-36(41,42)29-15-10-24(11-16-29)25-12-17-30(18-13-25)46-37(43,44)45/h6-22H,2-5H2,1H3. The minimum absolute atomic E-state index is 0.130. The second-order valence-corrected chi connectivity index (χ2v) is 10.9. The molecule has 0 spiro atoms. The van der Waals surface area contributed by atoms with E-state index >= 15 is 13.2 Å². The first-order valence-electron chi connectivity index (χ1n) is 14.7. The van der Waals surface area contributed by atoms with Crippen molar-refractivity contribution in [3.63, 3.8) is 0 Å². The van der Waals surface area contributed by atoms with Gasteiger partial charge in [-0.25, -0.2) is 13.2 Å². The lowest BCUT2D eigenvalue weighted by atomic mass is 9.98. The highest BCUT2D eigenvalue weighted by Crippen LogP contribution is 2.38. The van der Waals surface area contributed by atoms with Crippen LogP contribution in [0.4, 0.5) is 35.1 Å². The molecule has 0 fully saturated rings. The maximum atomic E-state index is 15.2. The molecule has 0 aliphatic rings. The van der Waals surface area contributed by atoms with E-state index in [1.165, 1.54) is 42.0 Å². The summed E-state index contributed by atoms with van der Waals surface area (Å²) in [5, 5.41) is 0. The molecule has 0 aliphatic heterocycles. The van der Waals surface area contributed by atoms with Crippen LogP contribution >= 0.6 is 0 Å². The normalized spacial score (nSPS) is 11.9. The van der Waals surface area contributed by atoms with E-state index in [0.717, 1.165) is 55.5 Å². The third-order valence-electron chi connectivity index (χ3n) is 7.51. The van der Waals surface area contributed by atoms with Gasteiger partial charge in [0.25, 0.3) is 0 Å². The number of benzene rings is 5. The average Bonchev–Trinajstić information content (AvgIpc) is 3.03. The molecule has 0 amide bonds. The molecule has 0 aliphatic carbocycles. The number of ether oxygens (including phenoxy) is 2. The van der Waals surface area contributed by atoms with Crippen LogP contribution in [0.1, 0.15) is 37.3 Å². The molecule has 5 aromatic rings. The van der Waals surface area contributed by atoms with E-state index in [1.807, 2.05) is 24.3 Å². The Labute approximate surface area is 266 Å². The van der Waals surface area contributed by atoms with Crippen molar-refractivity contribution < 1.29 is 44.6 Å². The van der Waals surface area contributed by atoms with Crippen molar-refractivity contribution in [3.05, 3.63) is 132 Å². The summed E-state index contributed by atoms with van der Waals surface area (Å²) < 4.78 is 121. The van der Waals surface area contributed by atoms with Crippen LogP contribution in [-0.4, -0.2) is 6.36 Å². The fourth-order valence-electron chi connectivity index (χ4n) is 5.08. The summed E-state index contributed by atoms with van der Waals surface area (Å²) in [5.74, 6) is -5.47. The van der Waals surface area contributed by atoms with E-state index in [0.29, 0.717) is 28.8 Å². The molecule has 47 heavy (non-hydrogen) atoms. The third kappa shape index (κ3) is 8.30. The zero-order valence-corrected chi connectivity index (χ0v) is 25.0. The lowest BCUT2D eigenvalue weighted by Crippen LogP contribution is -2.23. The summed E-state index contributed by atoms with van der Waals surface area (Å²) in [6.07, 6.45) is -4.77. The Bertz CT molecular complexity index is 1790. The van der Waals surface area contributed by atoms with Crippen molar-refractivity contribution in [1.29, 1.82) is 0 Å². The molecule has 2 nitrogen and oxygen atoms in total. The highest BCUT2D eigenvalue weighted by molar-refractivity contribution is 5.72. The van der Waals surface area contributed by atoms with Gasteiger partial charge in [0, 0.05) is 5.56 Å². The van der Waals surface area contributed by atoms with E-state index in [9.17, 15) is 22.0 Å². The predicted molar refractivity (Wildman–Crippen MR) is 163 cm³/mol.